The van der Waals surface area contributed by atoms with E-state index in [9.17, 15) is 0 Å². The monoisotopic (exact) mass is 212 g/mol. The predicted molar refractivity (Wildman–Crippen MR) is 67.2 cm³/mol. The molecule has 0 fully saturated rings. The number of hydrogen-bond acceptors (Lipinski definition) is 2. The first kappa shape index (κ1) is 10.8. The molecule has 0 aliphatic heterocycles. The quantitative estimate of drug-likeness (QED) is 0.846. The molecule has 1 aromatic heterocycles. The second-order valence-corrected chi connectivity index (χ2v) is 3.88. The smallest absolute Gasteiger partial charge is 0.0542 e. The molecule has 2 rings (SSSR count). The van der Waals surface area contributed by atoms with Crippen LogP contribution in [-0.4, -0.2) is 12.0 Å². The van der Waals surface area contributed by atoms with Crippen LogP contribution < -0.4 is 5.32 Å². The van der Waals surface area contributed by atoms with Crippen LogP contribution in [0.25, 0.3) is 11.1 Å². The second-order valence-electron chi connectivity index (χ2n) is 3.88. The summed E-state index contributed by atoms with van der Waals surface area (Å²) in [5.41, 5.74) is 4.79. The summed E-state index contributed by atoms with van der Waals surface area (Å²) in [6, 6.07) is 12.6. The molecule has 0 unspecified atom stereocenters. The van der Waals surface area contributed by atoms with Crippen molar-refractivity contribution in [3.8, 4) is 11.1 Å². The number of hydrogen-bond donors (Lipinski definition) is 1. The number of aryl methyl sites for hydroxylation is 1. The molecular formula is C14H16N2. The fourth-order valence-electron chi connectivity index (χ4n) is 1.77. The minimum absolute atomic E-state index is 0.814. The van der Waals surface area contributed by atoms with Crippen molar-refractivity contribution in [1.82, 2.24) is 10.3 Å². The number of pyridine rings is 1. The van der Waals surface area contributed by atoms with Gasteiger partial charge < -0.3 is 5.32 Å². The van der Waals surface area contributed by atoms with Gasteiger partial charge in [-0.2, -0.15) is 0 Å². The predicted octanol–water partition coefficient (Wildman–Crippen LogP) is 2.78. The minimum atomic E-state index is 0.814. The Labute approximate surface area is 96.4 Å². The maximum absolute atomic E-state index is 4.42. The molecule has 0 atom stereocenters. The molecule has 0 amide bonds. The lowest BCUT2D eigenvalue weighted by atomic mass is 10.0. The van der Waals surface area contributed by atoms with Gasteiger partial charge in [-0.3, -0.25) is 4.98 Å². The third kappa shape index (κ3) is 2.28. The van der Waals surface area contributed by atoms with Crippen LogP contribution in [0.15, 0.2) is 42.6 Å². The standard InChI is InChI=1S/C14H16N2/c1-11-5-3-4-6-14(11)12-7-8-13(10-15-2)16-9-12/h3-9,15H,10H2,1-2H3. The number of nitrogens with zero attached hydrogens (tertiary/aromatic N) is 1. The molecule has 1 N–H and O–H groups in total. The van der Waals surface area contributed by atoms with Gasteiger partial charge >= 0.3 is 0 Å². The van der Waals surface area contributed by atoms with Gasteiger partial charge in [-0.25, -0.2) is 0 Å². The fraction of sp³-hybridized carbons (Fsp3) is 0.214. The van der Waals surface area contributed by atoms with Crippen molar-refractivity contribution in [1.29, 1.82) is 0 Å². The molecule has 0 saturated heterocycles. The van der Waals surface area contributed by atoms with Gasteiger partial charge in [0.1, 0.15) is 0 Å². The maximum atomic E-state index is 4.42. The SMILES string of the molecule is CNCc1ccc(-c2ccccc2C)cn1. The van der Waals surface area contributed by atoms with Crippen LogP contribution in [-0.2, 0) is 6.54 Å². The summed E-state index contributed by atoms with van der Waals surface area (Å²) in [6.07, 6.45) is 1.94. The van der Waals surface area contributed by atoms with Gasteiger partial charge in [0.15, 0.2) is 0 Å². The van der Waals surface area contributed by atoms with E-state index in [1.807, 2.05) is 13.2 Å². The Kier molecular flexibility index (Phi) is 3.32. The van der Waals surface area contributed by atoms with Crippen molar-refractivity contribution >= 4 is 0 Å². The zero-order chi connectivity index (χ0) is 11.4. The van der Waals surface area contributed by atoms with Gasteiger partial charge in [0, 0.05) is 18.3 Å². The lowest BCUT2D eigenvalue weighted by molar-refractivity contribution is 0.791. The minimum Gasteiger partial charge on any atom is -0.314 e. The number of aromatic nitrogens is 1. The normalized spacial score (nSPS) is 10.4. The topological polar surface area (TPSA) is 24.9 Å². The van der Waals surface area contributed by atoms with Crippen molar-refractivity contribution in [2.45, 2.75) is 13.5 Å². The van der Waals surface area contributed by atoms with Crippen LogP contribution in [0.5, 0.6) is 0 Å². The summed E-state index contributed by atoms with van der Waals surface area (Å²) in [5.74, 6) is 0. The van der Waals surface area contributed by atoms with Gasteiger partial charge in [0.2, 0.25) is 0 Å². The summed E-state index contributed by atoms with van der Waals surface area (Å²) in [5, 5.41) is 3.09. The Morgan fingerprint density at radius 2 is 1.94 bits per heavy atom. The summed E-state index contributed by atoms with van der Waals surface area (Å²) in [4.78, 5) is 4.42. The zero-order valence-electron chi connectivity index (χ0n) is 9.70. The van der Waals surface area contributed by atoms with E-state index < -0.39 is 0 Å². The molecule has 0 saturated carbocycles. The van der Waals surface area contributed by atoms with E-state index in [4.69, 9.17) is 0 Å². The van der Waals surface area contributed by atoms with Gasteiger partial charge in [-0.1, -0.05) is 30.3 Å². The highest BCUT2D eigenvalue weighted by molar-refractivity contribution is 5.66. The lowest BCUT2D eigenvalue weighted by Gasteiger charge is -2.06. The number of rotatable bonds is 3. The molecule has 2 aromatic rings. The number of benzene rings is 1. The molecule has 1 aromatic carbocycles. The Balaban J connectivity index is 2.31. The Bertz CT molecular complexity index is 460. The van der Waals surface area contributed by atoms with E-state index in [0.717, 1.165) is 12.2 Å². The van der Waals surface area contributed by atoms with Crippen LogP contribution >= 0.6 is 0 Å². The van der Waals surface area contributed by atoms with E-state index in [2.05, 4.69) is 53.6 Å². The molecule has 0 bridgehead atoms. The van der Waals surface area contributed by atoms with E-state index in [-0.39, 0.29) is 0 Å². The molecule has 0 radical (unpaired) electrons. The summed E-state index contributed by atoms with van der Waals surface area (Å²) in [6.45, 7) is 2.94. The van der Waals surface area contributed by atoms with Crippen LogP contribution in [0.4, 0.5) is 0 Å². The first-order valence-corrected chi connectivity index (χ1v) is 5.47. The average Bonchev–Trinajstić information content (AvgIpc) is 2.31. The first-order chi connectivity index (χ1) is 7.81. The van der Waals surface area contributed by atoms with E-state index in [1.165, 1.54) is 16.7 Å². The van der Waals surface area contributed by atoms with Crippen LogP contribution in [0.3, 0.4) is 0 Å². The Hall–Kier alpha value is -1.67. The molecule has 2 heteroatoms. The van der Waals surface area contributed by atoms with E-state index in [1.54, 1.807) is 0 Å². The molecular weight excluding hydrogens is 196 g/mol. The molecule has 0 spiro atoms. The van der Waals surface area contributed by atoms with Gasteiger partial charge in [0.25, 0.3) is 0 Å². The Morgan fingerprint density at radius 3 is 2.56 bits per heavy atom. The summed E-state index contributed by atoms with van der Waals surface area (Å²) < 4.78 is 0. The van der Waals surface area contributed by atoms with Crippen molar-refractivity contribution < 1.29 is 0 Å². The third-order valence-corrected chi connectivity index (χ3v) is 2.64. The van der Waals surface area contributed by atoms with Crippen LogP contribution in [0.2, 0.25) is 0 Å². The highest BCUT2D eigenvalue weighted by Crippen LogP contribution is 2.21. The maximum Gasteiger partial charge on any atom is 0.0542 e. The summed E-state index contributed by atoms with van der Waals surface area (Å²) >= 11 is 0. The van der Waals surface area contributed by atoms with Crippen molar-refractivity contribution in [3.05, 3.63) is 53.9 Å². The molecule has 16 heavy (non-hydrogen) atoms. The second kappa shape index (κ2) is 4.90. The zero-order valence-corrected chi connectivity index (χ0v) is 9.70. The van der Waals surface area contributed by atoms with Crippen LogP contribution in [0.1, 0.15) is 11.3 Å². The largest absolute Gasteiger partial charge is 0.314 e. The third-order valence-electron chi connectivity index (χ3n) is 2.64. The molecule has 1 heterocycles. The highest BCUT2D eigenvalue weighted by atomic mass is 14.8. The summed E-state index contributed by atoms with van der Waals surface area (Å²) in [7, 11) is 1.93. The van der Waals surface area contributed by atoms with Gasteiger partial charge in [0.05, 0.1) is 5.69 Å². The van der Waals surface area contributed by atoms with Crippen molar-refractivity contribution in [2.24, 2.45) is 0 Å². The molecule has 0 aliphatic carbocycles. The van der Waals surface area contributed by atoms with Crippen molar-refractivity contribution in [3.63, 3.8) is 0 Å². The fourth-order valence-corrected chi connectivity index (χ4v) is 1.77. The molecule has 0 aliphatic rings. The average molecular weight is 212 g/mol. The van der Waals surface area contributed by atoms with E-state index >= 15 is 0 Å². The highest BCUT2D eigenvalue weighted by Gasteiger charge is 2.01. The van der Waals surface area contributed by atoms with Gasteiger partial charge in [-0.05, 0) is 31.2 Å². The molecule has 82 valence electrons. The Morgan fingerprint density at radius 1 is 1.12 bits per heavy atom. The number of nitrogens with one attached hydrogen (secondary N) is 1. The lowest BCUT2D eigenvalue weighted by Crippen LogP contribution is -2.06. The molecule has 2 nitrogen and oxygen atoms in total. The first-order valence-electron chi connectivity index (χ1n) is 5.47. The van der Waals surface area contributed by atoms with Crippen LogP contribution in [0, 0.1) is 6.92 Å². The van der Waals surface area contributed by atoms with Gasteiger partial charge in [-0.15, -0.1) is 0 Å². The van der Waals surface area contributed by atoms with E-state index in [0.29, 0.717) is 0 Å². The van der Waals surface area contributed by atoms with Crippen molar-refractivity contribution in [2.75, 3.05) is 7.05 Å².